The highest BCUT2D eigenvalue weighted by Crippen LogP contribution is 2.19. The molecule has 1 heterocycles. The molecular formula is C19H19N5O. The Morgan fingerprint density at radius 3 is 2.52 bits per heavy atom. The van der Waals surface area contributed by atoms with Crippen LogP contribution in [-0.4, -0.2) is 21.0 Å². The molecule has 0 saturated carbocycles. The molecular weight excluding hydrogens is 314 g/mol. The first-order valence-electron chi connectivity index (χ1n) is 7.93. The van der Waals surface area contributed by atoms with E-state index in [0.29, 0.717) is 17.3 Å². The van der Waals surface area contributed by atoms with Gasteiger partial charge in [0.2, 0.25) is 5.95 Å². The van der Waals surface area contributed by atoms with Crippen LogP contribution in [0.25, 0.3) is 0 Å². The van der Waals surface area contributed by atoms with Crippen LogP contribution in [0.15, 0.2) is 48.7 Å². The second-order valence-electron chi connectivity index (χ2n) is 5.85. The first kappa shape index (κ1) is 16.6. The quantitative estimate of drug-likeness (QED) is 0.682. The van der Waals surface area contributed by atoms with Crippen molar-refractivity contribution in [1.29, 1.82) is 0 Å². The fourth-order valence-corrected chi connectivity index (χ4v) is 2.33. The monoisotopic (exact) mass is 333 g/mol. The standard InChI is InChI=1S/C19H19N5O/c1-12-7-8-17(9-13(12)2)22-19-23-18(11-20-24-19)21-16-6-4-5-15(10-16)14(3)25/h4-11H,1-3H3,(H2,21,22,23,24). The highest BCUT2D eigenvalue weighted by Gasteiger charge is 2.05. The van der Waals surface area contributed by atoms with Gasteiger partial charge in [-0.3, -0.25) is 4.79 Å². The molecule has 0 atom stereocenters. The van der Waals surface area contributed by atoms with Crippen LogP contribution in [0.4, 0.5) is 23.1 Å². The molecule has 25 heavy (non-hydrogen) atoms. The number of carbonyl (C=O) groups is 1. The van der Waals surface area contributed by atoms with Gasteiger partial charge in [0.15, 0.2) is 11.6 Å². The third kappa shape index (κ3) is 4.17. The van der Waals surface area contributed by atoms with E-state index in [2.05, 4.69) is 39.7 Å². The third-order valence-corrected chi connectivity index (χ3v) is 3.86. The molecule has 0 fully saturated rings. The van der Waals surface area contributed by atoms with Gasteiger partial charge < -0.3 is 10.6 Å². The summed E-state index contributed by atoms with van der Waals surface area (Å²) in [6.45, 7) is 5.66. The summed E-state index contributed by atoms with van der Waals surface area (Å²) in [7, 11) is 0. The lowest BCUT2D eigenvalue weighted by atomic mass is 10.1. The number of hydrogen-bond acceptors (Lipinski definition) is 6. The van der Waals surface area contributed by atoms with Gasteiger partial charge in [-0.05, 0) is 56.2 Å². The summed E-state index contributed by atoms with van der Waals surface area (Å²) >= 11 is 0. The van der Waals surface area contributed by atoms with Gasteiger partial charge in [-0.1, -0.05) is 18.2 Å². The van der Waals surface area contributed by atoms with E-state index in [-0.39, 0.29) is 5.78 Å². The fraction of sp³-hybridized carbons (Fsp3) is 0.158. The first-order valence-corrected chi connectivity index (χ1v) is 7.93. The van der Waals surface area contributed by atoms with Crippen LogP contribution >= 0.6 is 0 Å². The normalized spacial score (nSPS) is 10.4. The Morgan fingerprint density at radius 1 is 0.960 bits per heavy atom. The molecule has 0 spiro atoms. The zero-order valence-electron chi connectivity index (χ0n) is 14.4. The van der Waals surface area contributed by atoms with Gasteiger partial charge in [-0.15, -0.1) is 5.10 Å². The van der Waals surface area contributed by atoms with E-state index in [1.807, 2.05) is 30.3 Å². The van der Waals surface area contributed by atoms with E-state index in [0.717, 1.165) is 11.4 Å². The molecule has 6 nitrogen and oxygen atoms in total. The fourth-order valence-electron chi connectivity index (χ4n) is 2.33. The Morgan fingerprint density at radius 2 is 1.76 bits per heavy atom. The van der Waals surface area contributed by atoms with Gasteiger partial charge in [-0.25, -0.2) is 0 Å². The van der Waals surface area contributed by atoms with Crippen molar-refractivity contribution in [3.63, 3.8) is 0 Å². The second kappa shape index (κ2) is 7.09. The maximum Gasteiger partial charge on any atom is 0.249 e. The van der Waals surface area contributed by atoms with Gasteiger partial charge in [0.25, 0.3) is 0 Å². The Hall–Kier alpha value is -3.28. The maximum atomic E-state index is 11.5. The summed E-state index contributed by atoms with van der Waals surface area (Å²) in [6.07, 6.45) is 1.53. The van der Waals surface area contributed by atoms with Crippen LogP contribution in [0.3, 0.4) is 0 Å². The number of benzene rings is 2. The van der Waals surface area contributed by atoms with Crippen LogP contribution in [0, 0.1) is 13.8 Å². The van der Waals surface area contributed by atoms with E-state index < -0.39 is 0 Å². The minimum atomic E-state index is 0.0153. The molecule has 0 bridgehead atoms. The van der Waals surface area contributed by atoms with E-state index >= 15 is 0 Å². The largest absolute Gasteiger partial charge is 0.339 e. The Labute approximate surface area is 146 Å². The smallest absolute Gasteiger partial charge is 0.249 e. The molecule has 0 saturated heterocycles. The number of aryl methyl sites for hydroxylation is 2. The lowest BCUT2D eigenvalue weighted by molar-refractivity contribution is 0.101. The second-order valence-corrected chi connectivity index (χ2v) is 5.85. The molecule has 6 heteroatoms. The van der Waals surface area contributed by atoms with E-state index in [4.69, 9.17) is 0 Å². The summed E-state index contributed by atoms with van der Waals surface area (Å²) in [5, 5.41) is 14.3. The van der Waals surface area contributed by atoms with Crippen molar-refractivity contribution in [2.45, 2.75) is 20.8 Å². The average Bonchev–Trinajstić information content (AvgIpc) is 2.59. The van der Waals surface area contributed by atoms with Crippen LogP contribution in [0.2, 0.25) is 0 Å². The van der Waals surface area contributed by atoms with Crippen LogP contribution in [0.5, 0.6) is 0 Å². The summed E-state index contributed by atoms with van der Waals surface area (Å²) in [6, 6.07) is 13.3. The molecule has 126 valence electrons. The van der Waals surface area contributed by atoms with Crippen molar-refractivity contribution in [1.82, 2.24) is 15.2 Å². The number of hydrogen-bond donors (Lipinski definition) is 2. The average molecular weight is 333 g/mol. The zero-order valence-corrected chi connectivity index (χ0v) is 14.4. The molecule has 2 N–H and O–H groups in total. The molecule has 3 rings (SSSR count). The summed E-state index contributed by atoms with van der Waals surface area (Å²) in [5.74, 6) is 0.958. The molecule has 0 amide bonds. The van der Waals surface area contributed by atoms with Crippen molar-refractivity contribution in [2.24, 2.45) is 0 Å². The molecule has 1 aromatic heterocycles. The predicted molar refractivity (Wildman–Crippen MR) is 98.8 cm³/mol. The molecule has 0 radical (unpaired) electrons. The summed E-state index contributed by atoms with van der Waals surface area (Å²) in [5.41, 5.74) is 4.73. The molecule has 0 aliphatic heterocycles. The number of carbonyl (C=O) groups excluding carboxylic acids is 1. The number of ketones is 1. The van der Waals surface area contributed by atoms with Crippen molar-refractivity contribution in [2.75, 3.05) is 10.6 Å². The molecule has 3 aromatic rings. The third-order valence-electron chi connectivity index (χ3n) is 3.86. The summed E-state index contributed by atoms with van der Waals surface area (Å²) < 4.78 is 0. The maximum absolute atomic E-state index is 11.5. The van der Waals surface area contributed by atoms with Gasteiger partial charge in [0.05, 0.1) is 6.20 Å². The number of aromatic nitrogens is 3. The Kier molecular flexibility index (Phi) is 4.70. The highest BCUT2D eigenvalue weighted by atomic mass is 16.1. The SMILES string of the molecule is CC(=O)c1cccc(Nc2cnnc(Nc3ccc(C)c(C)c3)n2)c1. The zero-order chi connectivity index (χ0) is 17.8. The van der Waals surface area contributed by atoms with Crippen molar-refractivity contribution < 1.29 is 4.79 Å². The van der Waals surface area contributed by atoms with Crippen molar-refractivity contribution >= 4 is 28.9 Å². The van der Waals surface area contributed by atoms with Crippen molar-refractivity contribution in [3.8, 4) is 0 Å². The highest BCUT2D eigenvalue weighted by molar-refractivity contribution is 5.95. The lowest BCUT2D eigenvalue weighted by Gasteiger charge is -2.09. The number of anilines is 4. The van der Waals surface area contributed by atoms with Crippen LogP contribution in [0.1, 0.15) is 28.4 Å². The lowest BCUT2D eigenvalue weighted by Crippen LogP contribution is -2.03. The van der Waals surface area contributed by atoms with Crippen molar-refractivity contribution in [3.05, 3.63) is 65.4 Å². The van der Waals surface area contributed by atoms with Gasteiger partial charge in [0, 0.05) is 16.9 Å². The number of nitrogens with zero attached hydrogens (tertiary/aromatic N) is 3. The minimum absolute atomic E-state index is 0.0153. The Balaban J connectivity index is 1.78. The van der Waals surface area contributed by atoms with Crippen LogP contribution in [-0.2, 0) is 0 Å². The van der Waals surface area contributed by atoms with E-state index in [1.54, 1.807) is 12.1 Å². The first-order chi connectivity index (χ1) is 12.0. The number of rotatable bonds is 5. The van der Waals surface area contributed by atoms with E-state index in [9.17, 15) is 4.79 Å². The molecule has 0 aliphatic carbocycles. The minimum Gasteiger partial charge on any atom is -0.339 e. The molecule has 0 aliphatic rings. The van der Waals surface area contributed by atoms with Gasteiger partial charge in [-0.2, -0.15) is 10.1 Å². The van der Waals surface area contributed by atoms with E-state index in [1.165, 1.54) is 24.2 Å². The molecule has 0 unspecified atom stereocenters. The van der Waals surface area contributed by atoms with Gasteiger partial charge in [0.1, 0.15) is 0 Å². The predicted octanol–water partition coefficient (Wildman–Crippen LogP) is 4.18. The Bertz CT molecular complexity index is 923. The van der Waals surface area contributed by atoms with Gasteiger partial charge >= 0.3 is 0 Å². The summed E-state index contributed by atoms with van der Waals surface area (Å²) in [4.78, 5) is 15.9. The number of Topliss-reactive ketones (excluding diaryl/α,β-unsaturated/α-hetero) is 1. The number of nitrogens with one attached hydrogen (secondary N) is 2. The molecule has 2 aromatic carbocycles. The topological polar surface area (TPSA) is 79.8 Å². The van der Waals surface area contributed by atoms with Crippen LogP contribution < -0.4 is 10.6 Å².